The van der Waals surface area contributed by atoms with E-state index in [0.29, 0.717) is 10.7 Å². The van der Waals surface area contributed by atoms with Crippen molar-refractivity contribution in [2.24, 2.45) is 22.7 Å². The summed E-state index contributed by atoms with van der Waals surface area (Å²) in [6.07, 6.45) is 13.5. The Labute approximate surface area is 217 Å². The summed E-state index contributed by atoms with van der Waals surface area (Å²) < 4.78 is 0. The number of amidine groups is 1. The fourth-order valence-electron chi connectivity index (χ4n) is 8.12. The molecule has 8 rings (SSSR count). The third-order valence-corrected chi connectivity index (χ3v) is 10.4. The monoisotopic (exact) mass is 498 g/mol. The number of amides is 1. The second-order valence-corrected chi connectivity index (χ2v) is 12.9. The standard InChI is InChI=1S/C31H34N2O2S/c34-27-9-8-25(16-26(27)31-17-21-12-22(18-31)14-23(13-21)19-31)24-6-4-20(5-7-24)15-28-29(35)32-30(36-28)33-10-2-1-3-11-33/h4-9,15-16,21-23,34H,1-3,10-14,17-19H2. The Hall–Kier alpha value is -2.53. The zero-order chi connectivity index (χ0) is 24.3. The van der Waals surface area contributed by atoms with Gasteiger partial charge in [0.1, 0.15) is 5.75 Å². The average molecular weight is 499 g/mol. The lowest BCUT2D eigenvalue weighted by Crippen LogP contribution is -2.48. The second-order valence-electron chi connectivity index (χ2n) is 11.9. The van der Waals surface area contributed by atoms with Crippen LogP contribution in [0.1, 0.15) is 68.9 Å². The van der Waals surface area contributed by atoms with Crippen LogP contribution in [0.3, 0.4) is 0 Å². The predicted octanol–water partition coefficient (Wildman–Crippen LogP) is 6.98. The molecule has 4 nitrogen and oxygen atoms in total. The van der Waals surface area contributed by atoms with Gasteiger partial charge in [-0.2, -0.15) is 4.99 Å². The maximum absolute atomic E-state index is 12.5. The van der Waals surface area contributed by atoms with E-state index in [0.717, 1.165) is 47.1 Å². The van der Waals surface area contributed by atoms with Gasteiger partial charge in [-0.25, -0.2) is 0 Å². The van der Waals surface area contributed by atoms with Crippen molar-refractivity contribution in [2.45, 2.75) is 63.2 Å². The average Bonchev–Trinajstić information content (AvgIpc) is 3.24. The molecule has 6 aliphatic rings. The number of rotatable bonds is 3. The van der Waals surface area contributed by atoms with E-state index in [4.69, 9.17) is 0 Å². The largest absolute Gasteiger partial charge is 0.508 e. The van der Waals surface area contributed by atoms with E-state index in [1.54, 1.807) is 0 Å². The van der Waals surface area contributed by atoms with Crippen LogP contribution >= 0.6 is 11.8 Å². The molecule has 5 heteroatoms. The zero-order valence-corrected chi connectivity index (χ0v) is 21.6. The molecule has 0 atom stereocenters. The van der Waals surface area contributed by atoms with Crippen LogP contribution < -0.4 is 0 Å². The van der Waals surface area contributed by atoms with Crippen LogP contribution in [0, 0.1) is 17.8 Å². The summed E-state index contributed by atoms with van der Waals surface area (Å²) in [5.41, 5.74) is 4.69. The first-order valence-electron chi connectivity index (χ1n) is 13.8. The second kappa shape index (κ2) is 8.79. The highest BCUT2D eigenvalue weighted by Crippen LogP contribution is 2.62. The molecule has 0 spiro atoms. The van der Waals surface area contributed by atoms with Crippen LogP contribution in [0.15, 0.2) is 52.4 Å². The number of nitrogens with zero attached hydrogens (tertiary/aromatic N) is 2. The lowest BCUT2D eigenvalue weighted by atomic mass is 9.48. The predicted molar refractivity (Wildman–Crippen MR) is 147 cm³/mol. The Morgan fingerprint density at radius 2 is 1.53 bits per heavy atom. The van der Waals surface area contributed by atoms with Crippen LogP contribution in [0.25, 0.3) is 17.2 Å². The lowest BCUT2D eigenvalue weighted by Gasteiger charge is -2.57. The van der Waals surface area contributed by atoms with E-state index in [2.05, 4.69) is 40.2 Å². The Morgan fingerprint density at radius 3 is 2.19 bits per heavy atom. The van der Waals surface area contributed by atoms with Gasteiger partial charge in [-0.15, -0.1) is 0 Å². The van der Waals surface area contributed by atoms with E-state index in [9.17, 15) is 9.90 Å². The molecule has 0 aromatic heterocycles. The van der Waals surface area contributed by atoms with Gasteiger partial charge in [0.25, 0.3) is 5.91 Å². The molecule has 2 aliphatic heterocycles. The molecule has 5 fully saturated rings. The van der Waals surface area contributed by atoms with Crippen molar-refractivity contribution < 1.29 is 9.90 Å². The van der Waals surface area contributed by atoms with Crippen molar-refractivity contribution in [3.63, 3.8) is 0 Å². The molecular weight excluding hydrogens is 464 g/mol. The SMILES string of the molecule is O=C1N=C(N2CCCCC2)SC1=Cc1ccc(-c2ccc(O)c(C34CC5CC(CC(C5)C3)C4)c2)cc1. The fraction of sp³-hybridized carbons (Fsp3) is 0.484. The molecule has 1 N–H and O–H groups in total. The van der Waals surface area contributed by atoms with E-state index >= 15 is 0 Å². The summed E-state index contributed by atoms with van der Waals surface area (Å²) in [5, 5.41) is 11.8. The molecule has 4 saturated carbocycles. The molecule has 4 bridgehead atoms. The molecule has 2 aromatic carbocycles. The van der Waals surface area contributed by atoms with Gasteiger partial charge in [-0.05, 0) is 128 Å². The fourth-order valence-corrected chi connectivity index (χ4v) is 9.09. The molecule has 2 aromatic rings. The van der Waals surface area contributed by atoms with Crippen LogP contribution in [0.5, 0.6) is 5.75 Å². The van der Waals surface area contributed by atoms with Crippen LogP contribution in [0.4, 0.5) is 0 Å². The van der Waals surface area contributed by atoms with Gasteiger partial charge in [0, 0.05) is 18.7 Å². The first kappa shape index (κ1) is 22.7. The van der Waals surface area contributed by atoms with Crippen molar-refractivity contribution in [1.29, 1.82) is 0 Å². The van der Waals surface area contributed by atoms with Crippen molar-refractivity contribution in [1.82, 2.24) is 4.90 Å². The minimum atomic E-state index is -0.122. The summed E-state index contributed by atoms with van der Waals surface area (Å²) in [6, 6.07) is 14.7. The van der Waals surface area contributed by atoms with Crippen molar-refractivity contribution in [3.05, 3.63) is 58.5 Å². The molecule has 4 aliphatic carbocycles. The Kier molecular flexibility index (Phi) is 5.53. The van der Waals surface area contributed by atoms with Crippen molar-refractivity contribution in [3.8, 4) is 16.9 Å². The third-order valence-electron chi connectivity index (χ3n) is 9.38. The van der Waals surface area contributed by atoms with E-state index in [1.807, 2.05) is 18.2 Å². The number of benzene rings is 2. The third kappa shape index (κ3) is 4.00. The van der Waals surface area contributed by atoms with E-state index in [-0.39, 0.29) is 11.3 Å². The minimum absolute atomic E-state index is 0.122. The van der Waals surface area contributed by atoms with Gasteiger partial charge in [-0.1, -0.05) is 30.3 Å². The number of hydrogen-bond acceptors (Lipinski definition) is 4. The van der Waals surface area contributed by atoms with Gasteiger partial charge < -0.3 is 10.0 Å². The quantitative estimate of drug-likeness (QED) is 0.464. The summed E-state index contributed by atoms with van der Waals surface area (Å²) in [7, 11) is 0. The van der Waals surface area contributed by atoms with E-state index in [1.165, 1.54) is 80.7 Å². The van der Waals surface area contributed by atoms with Gasteiger partial charge in [0.2, 0.25) is 0 Å². The van der Waals surface area contributed by atoms with Gasteiger partial charge >= 0.3 is 0 Å². The summed E-state index contributed by atoms with van der Waals surface area (Å²) in [4.78, 5) is 19.8. The zero-order valence-electron chi connectivity index (χ0n) is 20.8. The summed E-state index contributed by atoms with van der Waals surface area (Å²) in [5.74, 6) is 2.90. The number of aliphatic imine (C=N–C) groups is 1. The number of phenols is 1. The molecule has 1 saturated heterocycles. The molecule has 186 valence electrons. The number of aromatic hydroxyl groups is 1. The molecule has 2 heterocycles. The van der Waals surface area contributed by atoms with E-state index < -0.39 is 0 Å². The Balaban J connectivity index is 1.11. The Bertz CT molecular complexity index is 1220. The molecule has 0 unspecified atom stereocenters. The number of carbonyl (C=O) groups is 1. The molecule has 36 heavy (non-hydrogen) atoms. The van der Waals surface area contributed by atoms with Gasteiger partial charge in [-0.3, -0.25) is 4.79 Å². The summed E-state index contributed by atoms with van der Waals surface area (Å²) >= 11 is 1.51. The number of phenolic OH excluding ortho intramolecular Hbond substituents is 1. The van der Waals surface area contributed by atoms with Crippen LogP contribution in [0.2, 0.25) is 0 Å². The number of likely N-dealkylation sites (tertiary alicyclic amines) is 1. The van der Waals surface area contributed by atoms with Crippen molar-refractivity contribution >= 4 is 28.9 Å². The van der Waals surface area contributed by atoms with Gasteiger partial charge in [0.05, 0.1) is 4.91 Å². The number of piperidine rings is 1. The number of thioether (sulfide) groups is 1. The highest BCUT2D eigenvalue weighted by atomic mass is 32.2. The van der Waals surface area contributed by atoms with Gasteiger partial charge in [0.15, 0.2) is 5.17 Å². The molecule has 0 radical (unpaired) electrons. The molecule has 1 amide bonds. The highest BCUT2D eigenvalue weighted by molar-refractivity contribution is 8.18. The van der Waals surface area contributed by atoms with Crippen LogP contribution in [-0.2, 0) is 10.2 Å². The topological polar surface area (TPSA) is 52.9 Å². The highest BCUT2D eigenvalue weighted by Gasteiger charge is 2.52. The lowest BCUT2D eigenvalue weighted by molar-refractivity contribution is -0.113. The molecular formula is C31H34N2O2S. The summed E-state index contributed by atoms with van der Waals surface area (Å²) in [6.45, 7) is 2.00. The normalized spacial score (nSPS) is 32.4. The number of hydrogen-bond donors (Lipinski definition) is 1. The maximum atomic E-state index is 12.5. The smallest absolute Gasteiger partial charge is 0.286 e. The van der Waals surface area contributed by atoms with Crippen molar-refractivity contribution in [2.75, 3.05) is 13.1 Å². The Morgan fingerprint density at radius 1 is 0.889 bits per heavy atom. The first-order valence-corrected chi connectivity index (χ1v) is 14.6. The minimum Gasteiger partial charge on any atom is -0.508 e. The first-order chi connectivity index (χ1) is 17.5. The number of carbonyl (C=O) groups excluding carboxylic acids is 1. The maximum Gasteiger partial charge on any atom is 0.286 e. The van der Waals surface area contributed by atoms with Crippen LogP contribution in [-0.4, -0.2) is 34.2 Å².